The van der Waals surface area contributed by atoms with E-state index in [-0.39, 0.29) is 5.97 Å². The van der Waals surface area contributed by atoms with Crippen LogP contribution in [0, 0.1) is 0 Å². The molecule has 0 saturated carbocycles. The van der Waals surface area contributed by atoms with Crippen LogP contribution in [0.4, 0.5) is 0 Å². The fraction of sp³-hybridized carbons (Fsp3) is 0.250. The molecular formula is C12H16O2Si. The molecule has 0 saturated heterocycles. The van der Waals surface area contributed by atoms with Gasteiger partial charge < -0.3 is 4.74 Å². The van der Waals surface area contributed by atoms with Gasteiger partial charge in [-0.3, -0.25) is 0 Å². The molecular weight excluding hydrogens is 204 g/mol. The number of esters is 1. The second-order valence-corrected chi connectivity index (χ2v) is 8.43. The summed E-state index contributed by atoms with van der Waals surface area (Å²) in [5.74, 6) is -0.286. The molecule has 0 N–H and O–H groups in total. The summed E-state index contributed by atoms with van der Waals surface area (Å²) in [5.41, 5.74) is 2.61. The first-order valence-electron chi connectivity index (χ1n) is 4.83. The lowest BCUT2D eigenvalue weighted by atomic mass is 10.2. The van der Waals surface area contributed by atoms with Gasteiger partial charge in [-0.15, -0.1) is 6.58 Å². The van der Waals surface area contributed by atoms with Crippen molar-refractivity contribution in [2.45, 2.75) is 13.1 Å². The maximum Gasteiger partial charge on any atom is 0.337 e. The maximum atomic E-state index is 11.3. The zero-order valence-corrected chi connectivity index (χ0v) is 10.4. The number of carbonyl (C=O) groups is 1. The van der Waals surface area contributed by atoms with Gasteiger partial charge >= 0.3 is 5.97 Å². The molecule has 0 amide bonds. The lowest BCUT2D eigenvalue weighted by Crippen LogP contribution is -2.39. The van der Waals surface area contributed by atoms with Crippen molar-refractivity contribution < 1.29 is 9.53 Å². The third-order valence-electron chi connectivity index (χ3n) is 2.54. The Morgan fingerprint density at radius 2 is 2.13 bits per heavy atom. The van der Waals surface area contributed by atoms with E-state index in [9.17, 15) is 4.79 Å². The Labute approximate surface area is 91.6 Å². The number of hydrogen-bond donors (Lipinski definition) is 0. The van der Waals surface area contributed by atoms with Crippen molar-refractivity contribution in [1.29, 1.82) is 0 Å². The molecule has 80 valence electrons. The summed E-state index contributed by atoms with van der Waals surface area (Å²) in [4.78, 5) is 11.3. The smallest absolute Gasteiger partial charge is 0.337 e. The minimum Gasteiger partial charge on any atom is -0.465 e. The minimum atomic E-state index is -1.59. The molecule has 0 radical (unpaired) electrons. The summed E-state index contributed by atoms with van der Waals surface area (Å²) in [6.45, 7) is 8.23. The molecule has 0 aliphatic rings. The minimum absolute atomic E-state index is 0.286. The van der Waals surface area contributed by atoms with E-state index in [1.165, 1.54) is 12.3 Å². The average molecular weight is 220 g/mol. The molecule has 0 unspecified atom stereocenters. The summed E-state index contributed by atoms with van der Waals surface area (Å²) < 4.78 is 4.69. The van der Waals surface area contributed by atoms with E-state index in [1.807, 2.05) is 23.9 Å². The standard InChI is InChI=1S/C12H16O2Si/c1-5-15(3,4)11-8-6-7-10(9-11)12(13)14-2/h5-9H,1H2,2-4H3. The van der Waals surface area contributed by atoms with Crippen LogP contribution in [0.5, 0.6) is 0 Å². The number of hydrogen-bond acceptors (Lipinski definition) is 2. The van der Waals surface area contributed by atoms with Crippen LogP contribution in [0.15, 0.2) is 36.5 Å². The van der Waals surface area contributed by atoms with Crippen molar-refractivity contribution in [3.8, 4) is 0 Å². The molecule has 1 aromatic rings. The van der Waals surface area contributed by atoms with Crippen LogP contribution in [-0.4, -0.2) is 21.2 Å². The number of ether oxygens (including phenoxy) is 1. The number of methoxy groups -OCH3 is 1. The fourth-order valence-corrected chi connectivity index (χ4v) is 2.57. The molecule has 0 bridgehead atoms. The first-order chi connectivity index (χ1) is 7.01. The summed E-state index contributed by atoms with van der Waals surface area (Å²) in [6.07, 6.45) is 0. The normalized spacial score (nSPS) is 10.9. The largest absolute Gasteiger partial charge is 0.465 e. The van der Waals surface area contributed by atoms with E-state index in [4.69, 9.17) is 0 Å². The molecule has 0 spiro atoms. The van der Waals surface area contributed by atoms with Gasteiger partial charge in [0.05, 0.1) is 12.7 Å². The highest BCUT2D eigenvalue weighted by molar-refractivity contribution is 6.93. The monoisotopic (exact) mass is 220 g/mol. The topological polar surface area (TPSA) is 26.3 Å². The summed E-state index contributed by atoms with van der Waals surface area (Å²) in [5, 5.41) is 1.19. The summed E-state index contributed by atoms with van der Waals surface area (Å²) >= 11 is 0. The van der Waals surface area contributed by atoms with Crippen LogP contribution in [0.3, 0.4) is 0 Å². The van der Waals surface area contributed by atoms with Gasteiger partial charge in [0.25, 0.3) is 0 Å². The first kappa shape index (κ1) is 11.7. The quantitative estimate of drug-likeness (QED) is 0.576. The van der Waals surface area contributed by atoms with Gasteiger partial charge in [-0.25, -0.2) is 4.79 Å². The second kappa shape index (κ2) is 4.44. The van der Waals surface area contributed by atoms with Crippen LogP contribution >= 0.6 is 0 Å². The van der Waals surface area contributed by atoms with Gasteiger partial charge in [-0.1, -0.05) is 36.1 Å². The van der Waals surface area contributed by atoms with Gasteiger partial charge in [0, 0.05) is 0 Å². The molecule has 15 heavy (non-hydrogen) atoms. The summed E-state index contributed by atoms with van der Waals surface area (Å²) in [6, 6.07) is 7.60. The van der Waals surface area contributed by atoms with E-state index < -0.39 is 8.07 Å². The van der Waals surface area contributed by atoms with E-state index in [0.29, 0.717) is 5.56 Å². The van der Waals surface area contributed by atoms with E-state index in [1.54, 1.807) is 6.07 Å². The Morgan fingerprint density at radius 3 is 2.67 bits per heavy atom. The molecule has 0 aliphatic carbocycles. The maximum absolute atomic E-state index is 11.3. The van der Waals surface area contributed by atoms with E-state index >= 15 is 0 Å². The Kier molecular flexibility index (Phi) is 3.47. The predicted octanol–water partition coefficient (Wildman–Crippen LogP) is 2.11. The highest BCUT2D eigenvalue weighted by atomic mass is 28.3. The number of rotatable bonds is 3. The van der Waals surface area contributed by atoms with Gasteiger partial charge in [0.2, 0.25) is 0 Å². The van der Waals surface area contributed by atoms with Crippen LogP contribution in [0.1, 0.15) is 10.4 Å². The van der Waals surface area contributed by atoms with Gasteiger partial charge in [0.1, 0.15) is 8.07 Å². The first-order valence-corrected chi connectivity index (χ1v) is 7.91. The van der Waals surface area contributed by atoms with Crippen molar-refractivity contribution in [2.24, 2.45) is 0 Å². The SMILES string of the molecule is C=C[Si](C)(C)c1cccc(C(=O)OC)c1. The second-order valence-electron chi connectivity index (χ2n) is 4.00. The van der Waals surface area contributed by atoms with Crippen molar-refractivity contribution in [3.63, 3.8) is 0 Å². The van der Waals surface area contributed by atoms with Gasteiger partial charge in [-0.05, 0) is 12.1 Å². The molecule has 0 heterocycles. The predicted molar refractivity (Wildman–Crippen MR) is 65.1 cm³/mol. The zero-order valence-electron chi connectivity index (χ0n) is 9.41. The van der Waals surface area contributed by atoms with E-state index in [0.717, 1.165) is 0 Å². The molecule has 3 heteroatoms. The third kappa shape index (κ3) is 2.56. The molecule has 1 rings (SSSR count). The van der Waals surface area contributed by atoms with Crippen molar-refractivity contribution in [3.05, 3.63) is 42.1 Å². The van der Waals surface area contributed by atoms with Crippen molar-refractivity contribution >= 4 is 19.2 Å². The highest BCUT2D eigenvalue weighted by Crippen LogP contribution is 2.07. The van der Waals surface area contributed by atoms with Crippen molar-refractivity contribution in [2.75, 3.05) is 7.11 Å². The molecule has 0 atom stereocenters. The van der Waals surface area contributed by atoms with Crippen LogP contribution in [0.25, 0.3) is 0 Å². The van der Waals surface area contributed by atoms with Crippen LogP contribution < -0.4 is 5.19 Å². The van der Waals surface area contributed by atoms with E-state index in [2.05, 4.69) is 24.4 Å². The Bertz CT molecular complexity index is 383. The van der Waals surface area contributed by atoms with Crippen molar-refractivity contribution in [1.82, 2.24) is 0 Å². The average Bonchev–Trinajstić information content (AvgIpc) is 2.28. The Morgan fingerprint density at radius 1 is 1.47 bits per heavy atom. The van der Waals surface area contributed by atoms with Crippen LogP contribution in [0.2, 0.25) is 13.1 Å². The number of benzene rings is 1. The molecule has 0 aromatic heterocycles. The fourth-order valence-electron chi connectivity index (χ4n) is 1.28. The summed E-state index contributed by atoms with van der Waals surface area (Å²) in [7, 11) is -0.193. The Hall–Kier alpha value is -1.35. The number of carbonyl (C=O) groups excluding carboxylic acids is 1. The highest BCUT2D eigenvalue weighted by Gasteiger charge is 2.20. The lowest BCUT2D eigenvalue weighted by Gasteiger charge is -2.18. The molecule has 0 fully saturated rings. The molecule has 2 nitrogen and oxygen atoms in total. The zero-order chi connectivity index (χ0) is 11.5. The van der Waals surface area contributed by atoms with Gasteiger partial charge in [0.15, 0.2) is 0 Å². The lowest BCUT2D eigenvalue weighted by molar-refractivity contribution is 0.0601. The van der Waals surface area contributed by atoms with Gasteiger partial charge in [-0.2, -0.15) is 0 Å². The molecule has 0 aliphatic heterocycles. The molecule has 1 aromatic carbocycles. The van der Waals surface area contributed by atoms with Crippen LogP contribution in [-0.2, 0) is 4.74 Å². The Balaban J connectivity index is 3.13. The third-order valence-corrected chi connectivity index (χ3v) is 5.36.